The number of carbonyl (C=O) groups is 1. The Labute approximate surface area is 134 Å². The summed E-state index contributed by atoms with van der Waals surface area (Å²) in [5, 5.41) is 0. The molecule has 0 atom stereocenters. The highest BCUT2D eigenvalue weighted by Crippen LogP contribution is 2.35. The van der Waals surface area contributed by atoms with Crippen molar-refractivity contribution < 1.29 is 14.3 Å². The molecule has 0 aromatic heterocycles. The SMILES string of the molecule is CCCN1C(=O)C(=Cc2ccc(OC)cc2OC)SC1=S. The first-order valence-electron chi connectivity index (χ1n) is 6.58. The van der Waals surface area contributed by atoms with Gasteiger partial charge in [0.2, 0.25) is 0 Å². The number of hydrogen-bond acceptors (Lipinski definition) is 5. The van der Waals surface area contributed by atoms with Gasteiger partial charge in [-0.1, -0.05) is 30.9 Å². The third kappa shape index (κ3) is 3.39. The van der Waals surface area contributed by atoms with Gasteiger partial charge in [0.1, 0.15) is 15.8 Å². The fourth-order valence-electron chi connectivity index (χ4n) is 2.00. The maximum absolute atomic E-state index is 12.3. The Morgan fingerprint density at radius 3 is 2.71 bits per heavy atom. The van der Waals surface area contributed by atoms with E-state index in [2.05, 4.69) is 0 Å². The van der Waals surface area contributed by atoms with Crippen molar-refractivity contribution in [1.82, 2.24) is 4.90 Å². The van der Waals surface area contributed by atoms with Crippen molar-refractivity contribution in [2.24, 2.45) is 0 Å². The lowest BCUT2D eigenvalue weighted by molar-refractivity contribution is -0.122. The fraction of sp³-hybridized carbons (Fsp3) is 0.333. The molecule has 112 valence electrons. The highest BCUT2D eigenvalue weighted by atomic mass is 32.2. The van der Waals surface area contributed by atoms with Gasteiger partial charge in [0.25, 0.3) is 5.91 Å². The monoisotopic (exact) mass is 323 g/mol. The Morgan fingerprint density at radius 2 is 2.10 bits per heavy atom. The van der Waals surface area contributed by atoms with Crippen LogP contribution in [-0.4, -0.2) is 35.9 Å². The van der Waals surface area contributed by atoms with Gasteiger partial charge in [0.15, 0.2) is 0 Å². The Balaban J connectivity index is 2.32. The zero-order chi connectivity index (χ0) is 15.4. The van der Waals surface area contributed by atoms with E-state index in [4.69, 9.17) is 21.7 Å². The number of nitrogens with zero attached hydrogens (tertiary/aromatic N) is 1. The minimum atomic E-state index is -0.0373. The number of amides is 1. The van der Waals surface area contributed by atoms with Crippen LogP contribution in [0.3, 0.4) is 0 Å². The second-order valence-corrected chi connectivity index (χ2v) is 6.12. The molecule has 0 aliphatic carbocycles. The van der Waals surface area contributed by atoms with Crippen molar-refractivity contribution in [3.8, 4) is 11.5 Å². The van der Waals surface area contributed by atoms with Gasteiger partial charge in [-0.05, 0) is 24.6 Å². The highest BCUT2D eigenvalue weighted by Gasteiger charge is 2.31. The number of thioether (sulfide) groups is 1. The van der Waals surface area contributed by atoms with Crippen LogP contribution >= 0.6 is 24.0 Å². The first-order chi connectivity index (χ1) is 10.1. The summed E-state index contributed by atoms with van der Waals surface area (Å²) in [6, 6.07) is 5.49. The molecule has 1 heterocycles. The van der Waals surface area contributed by atoms with Crippen molar-refractivity contribution in [3.63, 3.8) is 0 Å². The summed E-state index contributed by atoms with van der Waals surface area (Å²) in [5.74, 6) is 1.34. The fourth-order valence-corrected chi connectivity index (χ4v) is 3.29. The Kier molecular flexibility index (Phi) is 5.25. The van der Waals surface area contributed by atoms with Gasteiger partial charge >= 0.3 is 0 Å². The molecule has 21 heavy (non-hydrogen) atoms. The molecule has 1 amide bonds. The summed E-state index contributed by atoms with van der Waals surface area (Å²) in [6.07, 6.45) is 2.69. The molecular formula is C15H17NO3S2. The van der Waals surface area contributed by atoms with Crippen LogP contribution in [0.25, 0.3) is 6.08 Å². The lowest BCUT2D eigenvalue weighted by Crippen LogP contribution is -2.28. The topological polar surface area (TPSA) is 38.8 Å². The van der Waals surface area contributed by atoms with Gasteiger partial charge in [0, 0.05) is 18.2 Å². The van der Waals surface area contributed by atoms with Crippen LogP contribution in [0.4, 0.5) is 0 Å². The van der Waals surface area contributed by atoms with E-state index in [1.165, 1.54) is 11.8 Å². The van der Waals surface area contributed by atoms with Crippen LogP contribution in [0.1, 0.15) is 18.9 Å². The zero-order valence-electron chi connectivity index (χ0n) is 12.2. The van der Waals surface area contributed by atoms with Gasteiger partial charge in [0.05, 0.1) is 19.1 Å². The van der Waals surface area contributed by atoms with Crippen molar-refractivity contribution >= 4 is 40.3 Å². The first-order valence-corrected chi connectivity index (χ1v) is 7.80. The van der Waals surface area contributed by atoms with E-state index in [0.29, 0.717) is 27.3 Å². The van der Waals surface area contributed by atoms with E-state index < -0.39 is 0 Å². The average molecular weight is 323 g/mol. The molecule has 1 fully saturated rings. The molecule has 4 nitrogen and oxygen atoms in total. The smallest absolute Gasteiger partial charge is 0.266 e. The predicted molar refractivity (Wildman–Crippen MR) is 89.7 cm³/mol. The van der Waals surface area contributed by atoms with Gasteiger partial charge in [-0.25, -0.2) is 0 Å². The summed E-state index contributed by atoms with van der Waals surface area (Å²) in [4.78, 5) is 14.6. The molecule has 0 bridgehead atoms. The highest BCUT2D eigenvalue weighted by molar-refractivity contribution is 8.26. The molecule has 6 heteroatoms. The summed E-state index contributed by atoms with van der Waals surface area (Å²) < 4.78 is 11.1. The number of methoxy groups -OCH3 is 2. The van der Waals surface area contributed by atoms with Crippen molar-refractivity contribution in [3.05, 3.63) is 28.7 Å². The molecule has 1 aromatic rings. The maximum Gasteiger partial charge on any atom is 0.266 e. The van der Waals surface area contributed by atoms with Crippen LogP contribution < -0.4 is 9.47 Å². The minimum absolute atomic E-state index is 0.0373. The first kappa shape index (κ1) is 15.9. The van der Waals surface area contributed by atoms with E-state index in [9.17, 15) is 4.79 Å². The molecule has 0 radical (unpaired) electrons. The second kappa shape index (κ2) is 6.95. The number of benzene rings is 1. The Morgan fingerprint density at radius 1 is 1.33 bits per heavy atom. The summed E-state index contributed by atoms with van der Waals surface area (Å²) in [7, 11) is 3.19. The summed E-state index contributed by atoms with van der Waals surface area (Å²) >= 11 is 6.58. The number of hydrogen-bond donors (Lipinski definition) is 0. The van der Waals surface area contributed by atoms with Crippen LogP contribution in [0.2, 0.25) is 0 Å². The van der Waals surface area contributed by atoms with Crippen LogP contribution in [0, 0.1) is 0 Å². The van der Waals surface area contributed by atoms with Gasteiger partial charge in [-0.2, -0.15) is 0 Å². The van der Waals surface area contributed by atoms with Gasteiger partial charge < -0.3 is 9.47 Å². The third-order valence-electron chi connectivity index (χ3n) is 3.05. The second-order valence-electron chi connectivity index (χ2n) is 4.44. The number of rotatable bonds is 5. The standard InChI is InChI=1S/C15H17NO3S2/c1-4-7-16-14(17)13(21-15(16)20)8-10-5-6-11(18-2)9-12(10)19-3/h5-6,8-9H,4,7H2,1-3H3. The van der Waals surface area contributed by atoms with Gasteiger partial charge in [-0.15, -0.1) is 0 Å². The number of thiocarbonyl (C=S) groups is 1. The quantitative estimate of drug-likeness (QED) is 0.614. The molecule has 0 spiro atoms. The maximum atomic E-state index is 12.3. The number of ether oxygens (including phenoxy) is 2. The molecule has 1 aromatic carbocycles. The van der Waals surface area contributed by atoms with E-state index in [-0.39, 0.29) is 5.91 Å². The molecule has 1 saturated heterocycles. The summed E-state index contributed by atoms with van der Waals surface area (Å²) in [5.41, 5.74) is 0.829. The molecule has 2 rings (SSSR count). The third-order valence-corrected chi connectivity index (χ3v) is 4.43. The van der Waals surface area contributed by atoms with E-state index in [1.54, 1.807) is 25.2 Å². The molecule has 1 aliphatic heterocycles. The van der Waals surface area contributed by atoms with E-state index in [0.717, 1.165) is 12.0 Å². The van der Waals surface area contributed by atoms with Crippen molar-refractivity contribution in [1.29, 1.82) is 0 Å². The zero-order valence-corrected chi connectivity index (χ0v) is 13.8. The van der Waals surface area contributed by atoms with Crippen LogP contribution in [0.15, 0.2) is 23.1 Å². The minimum Gasteiger partial charge on any atom is -0.497 e. The van der Waals surface area contributed by atoms with Crippen molar-refractivity contribution in [2.45, 2.75) is 13.3 Å². The summed E-state index contributed by atoms with van der Waals surface area (Å²) in [6.45, 7) is 2.68. The van der Waals surface area contributed by atoms with Crippen LogP contribution in [-0.2, 0) is 4.79 Å². The molecule has 0 N–H and O–H groups in total. The van der Waals surface area contributed by atoms with Crippen LogP contribution in [0.5, 0.6) is 11.5 Å². The normalized spacial score (nSPS) is 16.7. The molecular weight excluding hydrogens is 306 g/mol. The molecule has 0 unspecified atom stereocenters. The molecule has 1 aliphatic rings. The Hall–Kier alpha value is -1.53. The lowest BCUT2D eigenvalue weighted by Gasteiger charge is -2.12. The predicted octanol–water partition coefficient (Wildman–Crippen LogP) is 3.32. The average Bonchev–Trinajstić information content (AvgIpc) is 2.75. The van der Waals surface area contributed by atoms with E-state index in [1.807, 2.05) is 25.1 Å². The van der Waals surface area contributed by atoms with Crippen molar-refractivity contribution in [2.75, 3.05) is 20.8 Å². The lowest BCUT2D eigenvalue weighted by atomic mass is 10.1. The van der Waals surface area contributed by atoms with E-state index >= 15 is 0 Å². The van der Waals surface area contributed by atoms with Gasteiger partial charge in [-0.3, -0.25) is 9.69 Å². The molecule has 0 saturated carbocycles. The number of carbonyl (C=O) groups excluding carboxylic acids is 1. The largest absolute Gasteiger partial charge is 0.497 e. The Bertz CT molecular complexity index is 599.